The van der Waals surface area contributed by atoms with Gasteiger partial charge in [-0.05, 0) is 36.8 Å². The van der Waals surface area contributed by atoms with Gasteiger partial charge in [-0.2, -0.15) is 0 Å². The molecule has 1 rings (SSSR count). The minimum atomic E-state index is -0.280. The van der Waals surface area contributed by atoms with Crippen LogP contribution in [0.3, 0.4) is 0 Å². The molecule has 14 heavy (non-hydrogen) atoms. The van der Waals surface area contributed by atoms with E-state index in [0.29, 0.717) is 5.92 Å². The maximum atomic E-state index is 11.1. The van der Waals surface area contributed by atoms with E-state index in [1.165, 1.54) is 32.1 Å². The van der Waals surface area contributed by atoms with E-state index in [1.54, 1.807) is 4.90 Å². The molecule has 3 heteroatoms. The zero-order valence-corrected chi connectivity index (χ0v) is 9.72. The molecule has 0 atom stereocenters. The van der Waals surface area contributed by atoms with Crippen molar-refractivity contribution in [1.29, 1.82) is 0 Å². The van der Waals surface area contributed by atoms with Crippen LogP contribution in [0.4, 0.5) is 4.79 Å². The molecule has 0 aromatic heterocycles. The van der Waals surface area contributed by atoms with Crippen molar-refractivity contribution < 1.29 is 4.79 Å². The predicted octanol–water partition coefficient (Wildman–Crippen LogP) is 3.64. The van der Waals surface area contributed by atoms with Gasteiger partial charge in [-0.3, -0.25) is 4.79 Å². The first-order valence-corrected chi connectivity index (χ1v) is 6.06. The Labute approximate surface area is 91.6 Å². The lowest BCUT2D eigenvalue weighted by atomic mass is 9.89. The van der Waals surface area contributed by atoms with Crippen LogP contribution in [0.25, 0.3) is 0 Å². The van der Waals surface area contributed by atoms with Crippen LogP contribution in [0.15, 0.2) is 0 Å². The molecule has 1 amide bonds. The fourth-order valence-electron chi connectivity index (χ4n) is 2.20. The van der Waals surface area contributed by atoms with Gasteiger partial charge in [-0.25, -0.2) is 0 Å². The molecule has 0 N–H and O–H groups in total. The average molecular weight is 218 g/mol. The molecule has 82 valence electrons. The number of amides is 1. The molecule has 0 spiro atoms. The minimum Gasteiger partial charge on any atom is -0.329 e. The maximum Gasteiger partial charge on any atom is 0.316 e. The number of rotatable bonds is 4. The molecule has 0 bridgehead atoms. The third-order valence-corrected chi connectivity index (χ3v) is 3.18. The topological polar surface area (TPSA) is 20.3 Å². The molecule has 0 saturated heterocycles. The van der Waals surface area contributed by atoms with E-state index in [-0.39, 0.29) is 5.37 Å². The maximum absolute atomic E-state index is 11.1. The molecular weight excluding hydrogens is 198 g/mol. The smallest absolute Gasteiger partial charge is 0.316 e. The van der Waals surface area contributed by atoms with Gasteiger partial charge in [0.1, 0.15) is 0 Å². The van der Waals surface area contributed by atoms with Crippen LogP contribution < -0.4 is 0 Å². The third kappa shape index (κ3) is 3.87. The van der Waals surface area contributed by atoms with E-state index in [4.69, 9.17) is 11.6 Å². The molecule has 0 aromatic carbocycles. The van der Waals surface area contributed by atoms with Crippen molar-refractivity contribution in [1.82, 2.24) is 4.90 Å². The summed E-state index contributed by atoms with van der Waals surface area (Å²) in [6, 6.07) is 0. The van der Waals surface area contributed by atoms with E-state index < -0.39 is 0 Å². The molecule has 0 radical (unpaired) electrons. The molecule has 0 aliphatic heterocycles. The second-order valence-corrected chi connectivity index (χ2v) is 4.53. The monoisotopic (exact) mass is 217 g/mol. The Hall–Kier alpha value is -0.240. The van der Waals surface area contributed by atoms with Crippen molar-refractivity contribution in [3.8, 4) is 0 Å². The van der Waals surface area contributed by atoms with Crippen LogP contribution in [0.5, 0.6) is 0 Å². The molecular formula is C11H20ClNO. The summed E-state index contributed by atoms with van der Waals surface area (Å²) < 4.78 is 0. The van der Waals surface area contributed by atoms with Gasteiger partial charge < -0.3 is 4.90 Å². The quantitative estimate of drug-likeness (QED) is 0.520. The van der Waals surface area contributed by atoms with Crippen molar-refractivity contribution in [2.75, 3.05) is 13.1 Å². The SMILES string of the molecule is CCCN(CC1CCCCC1)C(=O)Cl. The van der Waals surface area contributed by atoms with Gasteiger partial charge in [-0.15, -0.1) is 0 Å². The van der Waals surface area contributed by atoms with E-state index >= 15 is 0 Å². The van der Waals surface area contributed by atoms with E-state index in [1.807, 2.05) is 0 Å². The van der Waals surface area contributed by atoms with Gasteiger partial charge in [0.15, 0.2) is 0 Å². The van der Waals surface area contributed by atoms with E-state index in [2.05, 4.69) is 6.92 Å². The molecule has 0 aromatic rings. The number of halogens is 1. The lowest BCUT2D eigenvalue weighted by Crippen LogP contribution is -2.33. The summed E-state index contributed by atoms with van der Waals surface area (Å²) in [6.07, 6.45) is 7.53. The minimum absolute atomic E-state index is 0.280. The molecule has 0 unspecified atom stereocenters. The molecule has 2 nitrogen and oxygen atoms in total. The Morgan fingerprint density at radius 3 is 2.50 bits per heavy atom. The summed E-state index contributed by atoms with van der Waals surface area (Å²) in [4.78, 5) is 12.9. The lowest BCUT2D eigenvalue weighted by molar-refractivity contribution is 0.199. The van der Waals surface area contributed by atoms with Crippen LogP contribution in [0.1, 0.15) is 45.4 Å². The van der Waals surface area contributed by atoms with Crippen molar-refractivity contribution in [2.45, 2.75) is 45.4 Å². The Morgan fingerprint density at radius 1 is 1.36 bits per heavy atom. The van der Waals surface area contributed by atoms with Gasteiger partial charge in [0, 0.05) is 13.1 Å². The fourth-order valence-corrected chi connectivity index (χ4v) is 2.36. The van der Waals surface area contributed by atoms with Crippen molar-refractivity contribution in [3.05, 3.63) is 0 Å². The standard InChI is InChI=1S/C11H20ClNO/c1-2-8-13(11(12)14)9-10-6-4-3-5-7-10/h10H,2-9H2,1H3. The predicted molar refractivity (Wildman–Crippen MR) is 59.7 cm³/mol. The van der Waals surface area contributed by atoms with Crippen LogP contribution in [0, 0.1) is 5.92 Å². The van der Waals surface area contributed by atoms with Crippen molar-refractivity contribution in [3.63, 3.8) is 0 Å². The van der Waals surface area contributed by atoms with Gasteiger partial charge in [0.2, 0.25) is 0 Å². The zero-order valence-electron chi connectivity index (χ0n) is 8.97. The van der Waals surface area contributed by atoms with Crippen LogP contribution >= 0.6 is 11.6 Å². The first-order valence-electron chi connectivity index (χ1n) is 5.68. The first-order chi connectivity index (χ1) is 6.74. The second kappa shape index (κ2) is 6.28. The summed E-state index contributed by atoms with van der Waals surface area (Å²) in [5, 5.41) is -0.280. The Morgan fingerprint density at radius 2 is 2.00 bits per heavy atom. The Balaban J connectivity index is 2.33. The third-order valence-electron chi connectivity index (χ3n) is 2.95. The van der Waals surface area contributed by atoms with Crippen LogP contribution in [-0.4, -0.2) is 23.4 Å². The highest BCUT2D eigenvalue weighted by atomic mass is 35.5. The largest absolute Gasteiger partial charge is 0.329 e. The summed E-state index contributed by atoms with van der Waals surface area (Å²) in [7, 11) is 0. The fraction of sp³-hybridized carbons (Fsp3) is 0.909. The van der Waals surface area contributed by atoms with Gasteiger partial charge >= 0.3 is 5.37 Å². The first kappa shape index (κ1) is 11.8. The van der Waals surface area contributed by atoms with Crippen molar-refractivity contribution >= 4 is 17.0 Å². The molecule has 1 saturated carbocycles. The number of hydrogen-bond acceptors (Lipinski definition) is 1. The molecule has 0 heterocycles. The summed E-state index contributed by atoms with van der Waals surface area (Å²) >= 11 is 5.53. The second-order valence-electron chi connectivity index (χ2n) is 4.20. The number of carbonyl (C=O) groups is 1. The highest BCUT2D eigenvalue weighted by Gasteiger charge is 2.18. The van der Waals surface area contributed by atoms with E-state index in [9.17, 15) is 4.79 Å². The normalized spacial score (nSPS) is 18.1. The zero-order chi connectivity index (χ0) is 10.4. The van der Waals surface area contributed by atoms with Gasteiger partial charge in [-0.1, -0.05) is 26.2 Å². The molecule has 1 aliphatic rings. The summed E-state index contributed by atoms with van der Waals surface area (Å²) in [5.41, 5.74) is 0. The van der Waals surface area contributed by atoms with Crippen LogP contribution in [0.2, 0.25) is 0 Å². The van der Waals surface area contributed by atoms with Crippen LogP contribution in [-0.2, 0) is 0 Å². The average Bonchev–Trinajstić information content (AvgIpc) is 2.18. The number of nitrogens with zero attached hydrogens (tertiary/aromatic N) is 1. The number of carbonyl (C=O) groups excluding carboxylic acids is 1. The Bertz CT molecular complexity index is 178. The summed E-state index contributed by atoms with van der Waals surface area (Å²) in [6.45, 7) is 3.75. The number of hydrogen-bond donors (Lipinski definition) is 0. The molecule has 1 fully saturated rings. The van der Waals surface area contributed by atoms with Gasteiger partial charge in [0.25, 0.3) is 0 Å². The highest BCUT2D eigenvalue weighted by Crippen LogP contribution is 2.24. The van der Waals surface area contributed by atoms with E-state index in [0.717, 1.165) is 19.5 Å². The molecule has 1 aliphatic carbocycles. The summed E-state index contributed by atoms with van der Waals surface area (Å²) in [5.74, 6) is 0.693. The van der Waals surface area contributed by atoms with Crippen molar-refractivity contribution in [2.24, 2.45) is 5.92 Å². The Kier molecular flexibility index (Phi) is 5.31. The van der Waals surface area contributed by atoms with Gasteiger partial charge in [0.05, 0.1) is 0 Å². The lowest BCUT2D eigenvalue weighted by Gasteiger charge is -2.28. The highest BCUT2D eigenvalue weighted by molar-refractivity contribution is 6.62.